The number of carboxylic acids is 1. The molecule has 26 heavy (non-hydrogen) atoms. The van der Waals surface area contributed by atoms with Gasteiger partial charge in [-0.15, -0.1) is 0 Å². The number of fused-ring (bicyclic) bond motifs is 3. The average molecular weight is 353 g/mol. The van der Waals surface area contributed by atoms with Crippen LogP contribution in [0.1, 0.15) is 26.3 Å². The summed E-state index contributed by atoms with van der Waals surface area (Å²) < 4.78 is 1.85. The maximum Gasteiger partial charge on any atom is 0.338 e. The molecule has 0 aliphatic carbocycles. The van der Waals surface area contributed by atoms with Gasteiger partial charge in [-0.3, -0.25) is 4.79 Å². The minimum atomic E-state index is -0.957. The molecular formula is C20H23N3O3. The summed E-state index contributed by atoms with van der Waals surface area (Å²) in [4.78, 5) is 28.1. The van der Waals surface area contributed by atoms with E-state index in [4.69, 9.17) is 0 Å². The van der Waals surface area contributed by atoms with Crippen LogP contribution in [0.3, 0.4) is 0 Å². The van der Waals surface area contributed by atoms with E-state index in [9.17, 15) is 14.7 Å². The van der Waals surface area contributed by atoms with Crippen molar-refractivity contribution < 1.29 is 14.7 Å². The molecule has 0 bridgehead atoms. The Kier molecular flexibility index (Phi) is 4.70. The molecule has 0 radical (unpaired) electrons. The molecule has 1 N–H and O–H groups in total. The van der Waals surface area contributed by atoms with Crippen molar-refractivity contribution in [3.05, 3.63) is 53.2 Å². The maximum atomic E-state index is 12.5. The number of benzene rings is 1. The van der Waals surface area contributed by atoms with E-state index >= 15 is 0 Å². The molecule has 2 heterocycles. The van der Waals surface area contributed by atoms with E-state index in [1.54, 1.807) is 26.2 Å². The van der Waals surface area contributed by atoms with Gasteiger partial charge in [-0.05, 0) is 50.3 Å². The Bertz CT molecular complexity index is 1000. The second kappa shape index (κ2) is 6.80. The molecule has 0 unspecified atom stereocenters. The van der Waals surface area contributed by atoms with Crippen molar-refractivity contribution in [3.63, 3.8) is 0 Å². The van der Waals surface area contributed by atoms with Gasteiger partial charge in [0.15, 0.2) is 0 Å². The van der Waals surface area contributed by atoms with Crippen molar-refractivity contribution in [3.8, 4) is 0 Å². The van der Waals surface area contributed by atoms with Crippen molar-refractivity contribution >= 4 is 28.3 Å². The Hall–Kier alpha value is -2.86. The largest absolute Gasteiger partial charge is 0.478 e. The first-order valence-electron chi connectivity index (χ1n) is 8.46. The molecule has 0 saturated carbocycles. The molecule has 0 spiro atoms. The Morgan fingerprint density at radius 1 is 1.08 bits per heavy atom. The Morgan fingerprint density at radius 2 is 1.81 bits per heavy atom. The number of nitrogens with zero attached hydrogens (tertiary/aromatic N) is 3. The normalized spacial score (nSPS) is 11.4. The SMILES string of the molecule is CN(C)CCc1cc(C(=O)N(C)C)cc2c1c(C(=O)O)c1ccccn12. The fraction of sp³-hybridized carbons (Fsp3) is 0.300. The van der Waals surface area contributed by atoms with Gasteiger partial charge < -0.3 is 19.3 Å². The predicted molar refractivity (Wildman–Crippen MR) is 102 cm³/mol. The van der Waals surface area contributed by atoms with Crippen LogP contribution >= 0.6 is 0 Å². The number of hydrogen-bond acceptors (Lipinski definition) is 3. The summed E-state index contributed by atoms with van der Waals surface area (Å²) >= 11 is 0. The smallest absolute Gasteiger partial charge is 0.338 e. The van der Waals surface area contributed by atoms with E-state index < -0.39 is 5.97 Å². The highest BCUT2D eigenvalue weighted by molar-refractivity contribution is 6.13. The summed E-state index contributed by atoms with van der Waals surface area (Å²) in [5.41, 5.74) is 3.12. The monoisotopic (exact) mass is 353 g/mol. The van der Waals surface area contributed by atoms with Gasteiger partial charge in [0.2, 0.25) is 0 Å². The molecule has 1 aromatic carbocycles. The zero-order valence-electron chi connectivity index (χ0n) is 15.5. The number of likely N-dealkylation sites (N-methyl/N-ethyl adjacent to an activating group) is 1. The van der Waals surface area contributed by atoms with Gasteiger partial charge in [-0.25, -0.2) is 4.79 Å². The first-order valence-corrected chi connectivity index (χ1v) is 8.46. The molecule has 0 atom stereocenters. The molecule has 0 fully saturated rings. The average Bonchev–Trinajstić information content (AvgIpc) is 2.93. The second-order valence-electron chi connectivity index (χ2n) is 6.92. The molecule has 6 heteroatoms. The minimum Gasteiger partial charge on any atom is -0.478 e. The van der Waals surface area contributed by atoms with E-state index in [0.29, 0.717) is 28.5 Å². The Balaban J connectivity index is 2.39. The second-order valence-corrected chi connectivity index (χ2v) is 6.92. The summed E-state index contributed by atoms with van der Waals surface area (Å²) in [6, 6.07) is 9.10. The fourth-order valence-corrected chi connectivity index (χ4v) is 3.29. The standard InChI is InChI=1S/C20H23N3O3/c1-21(2)10-8-13-11-14(19(24)22(3)4)12-16-17(13)18(20(25)26)15-7-5-6-9-23(15)16/h5-7,9,11-12H,8,10H2,1-4H3,(H,25,26). The quantitative estimate of drug-likeness (QED) is 0.766. The molecule has 2 aromatic heterocycles. The third kappa shape index (κ3) is 3.04. The van der Waals surface area contributed by atoms with Crippen molar-refractivity contribution in [1.82, 2.24) is 14.2 Å². The lowest BCUT2D eigenvalue weighted by Crippen LogP contribution is -2.22. The van der Waals surface area contributed by atoms with Gasteiger partial charge in [-0.1, -0.05) is 6.07 Å². The van der Waals surface area contributed by atoms with Crippen LogP contribution in [0.5, 0.6) is 0 Å². The third-order valence-corrected chi connectivity index (χ3v) is 4.52. The molecule has 0 aliphatic rings. The highest BCUT2D eigenvalue weighted by Crippen LogP contribution is 2.31. The van der Waals surface area contributed by atoms with Crippen LogP contribution in [0.25, 0.3) is 16.4 Å². The number of carboxylic acid groups (broad SMARTS) is 1. The van der Waals surface area contributed by atoms with Gasteiger partial charge in [0, 0.05) is 37.8 Å². The van der Waals surface area contributed by atoms with Crippen LogP contribution in [0.2, 0.25) is 0 Å². The lowest BCUT2D eigenvalue weighted by molar-refractivity contribution is 0.0700. The Labute approximate surface area is 152 Å². The van der Waals surface area contributed by atoms with Crippen molar-refractivity contribution in [2.45, 2.75) is 6.42 Å². The van der Waals surface area contributed by atoms with Crippen molar-refractivity contribution in [2.24, 2.45) is 0 Å². The van der Waals surface area contributed by atoms with E-state index in [-0.39, 0.29) is 5.91 Å². The number of carbonyl (C=O) groups is 2. The number of pyridine rings is 1. The van der Waals surface area contributed by atoms with Gasteiger partial charge in [0.05, 0.1) is 16.6 Å². The first kappa shape index (κ1) is 17.9. The summed E-state index contributed by atoms with van der Waals surface area (Å²) in [6.07, 6.45) is 2.50. The van der Waals surface area contributed by atoms with Crippen LogP contribution < -0.4 is 0 Å². The van der Waals surface area contributed by atoms with Crippen LogP contribution in [-0.2, 0) is 6.42 Å². The summed E-state index contributed by atoms with van der Waals surface area (Å²) in [7, 11) is 7.37. The highest BCUT2D eigenvalue weighted by Gasteiger charge is 2.22. The van der Waals surface area contributed by atoms with E-state index in [1.165, 1.54) is 4.90 Å². The fourth-order valence-electron chi connectivity index (χ4n) is 3.29. The highest BCUT2D eigenvalue weighted by atomic mass is 16.4. The molecule has 136 valence electrons. The van der Waals surface area contributed by atoms with Gasteiger partial charge >= 0.3 is 5.97 Å². The Morgan fingerprint density at radius 3 is 2.42 bits per heavy atom. The number of aromatic carboxylic acids is 1. The van der Waals surface area contributed by atoms with Crippen LogP contribution in [-0.4, -0.2) is 65.9 Å². The van der Waals surface area contributed by atoms with Crippen LogP contribution in [0.4, 0.5) is 0 Å². The molecule has 3 aromatic rings. The minimum absolute atomic E-state index is 0.0965. The van der Waals surface area contributed by atoms with E-state index in [2.05, 4.69) is 0 Å². The lowest BCUT2D eigenvalue weighted by atomic mass is 9.99. The molecule has 0 saturated heterocycles. The first-order chi connectivity index (χ1) is 12.3. The van der Waals surface area contributed by atoms with Crippen molar-refractivity contribution in [1.29, 1.82) is 0 Å². The van der Waals surface area contributed by atoms with Crippen LogP contribution in [0.15, 0.2) is 36.5 Å². The lowest BCUT2D eigenvalue weighted by Gasteiger charge is -2.14. The molecule has 6 nitrogen and oxygen atoms in total. The molecular weight excluding hydrogens is 330 g/mol. The van der Waals surface area contributed by atoms with Gasteiger partial charge in [0.25, 0.3) is 5.91 Å². The molecule has 0 aliphatic heterocycles. The molecule has 1 amide bonds. The van der Waals surface area contributed by atoms with Gasteiger partial charge in [-0.2, -0.15) is 0 Å². The molecule has 3 rings (SSSR count). The maximum absolute atomic E-state index is 12.5. The van der Waals surface area contributed by atoms with Crippen molar-refractivity contribution in [2.75, 3.05) is 34.7 Å². The number of rotatable bonds is 5. The van der Waals surface area contributed by atoms with E-state index in [0.717, 1.165) is 17.6 Å². The topological polar surface area (TPSA) is 65.3 Å². The zero-order chi connectivity index (χ0) is 19.0. The third-order valence-electron chi connectivity index (χ3n) is 4.52. The summed E-state index contributed by atoms with van der Waals surface area (Å²) in [5, 5.41) is 10.5. The summed E-state index contributed by atoms with van der Waals surface area (Å²) in [6.45, 7) is 0.764. The number of hydrogen-bond donors (Lipinski definition) is 1. The number of amides is 1. The number of carbonyl (C=O) groups excluding carboxylic acids is 1. The zero-order valence-corrected chi connectivity index (χ0v) is 15.5. The summed E-state index contributed by atoms with van der Waals surface area (Å²) in [5.74, 6) is -1.05. The van der Waals surface area contributed by atoms with Crippen LogP contribution in [0, 0.1) is 0 Å². The number of aromatic nitrogens is 1. The van der Waals surface area contributed by atoms with Gasteiger partial charge in [0.1, 0.15) is 0 Å². The van der Waals surface area contributed by atoms with E-state index in [1.807, 2.05) is 47.8 Å². The predicted octanol–water partition coefficient (Wildman–Crippen LogP) is 2.60.